The van der Waals surface area contributed by atoms with Crippen molar-refractivity contribution in [3.8, 4) is 6.07 Å². The Bertz CT molecular complexity index is 629. The van der Waals surface area contributed by atoms with Crippen LogP contribution < -0.4 is 0 Å². The maximum atomic E-state index is 12.6. The average Bonchev–Trinajstić information content (AvgIpc) is 2.54. The van der Waals surface area contributed by atoms with Crippen LogP contribution in [0, 0.1) is 22.7 Å². The van der Waals surface area contributed by atoms with E-state index in [9.17, 15) is 14.9 Å². The second-order valence-electron chi connectivity index (χ2n) is 5.61. The number of esters is 1. The van der Waals surface area contributed by atoms with Crippen LogP contribution in [-0.2, 0) is 14.3 Å². The van der Waals surface area contributed by atoms with E-state index in [2.05, 4.69) is 6.07 Å². The molecule has 0 saturated carbocycles. The molecule has 3 atom stereocenters. The molecule has 2 rings (SSSR count). The number of allylic oxidation sites excluding steroid dienone is 2. The van der Waals surface area contributed by atoms with Gasteiger partial charge in [0.15, 0.2) is 5.41 Å². The van der Waals surface area contributed by atoms with Crippen molar-refractivity contribution in [3.05, 3.63) is 47.5 Å². The van der Waals surface area contributed by atoms with Gasteiger partial charge in [0.05, 0.1) is 12.7 Å². The Kier molecular flexibility index (Phi) is 4.77. The molecule has 0 N–H and O–H groups in total. The molecule has 0 saturated heterocycles. The highest BCUT2D eigenvalue weighted by molar-refractivity contribution is 5.87. The minimum absolute atomic E-state index is 0.0378. The first kappa shape index (κ1) is 16.0. The SMILES string of the molecule is CCOC(=O)[C@@]1(C#N)C[C@@H](C)C=C(C=O)[C@H]1c1ccccc1. The summed E-state index contributed by atoms with van der Waals surface area (Å²) >= 11 is 0. The summed E-state index contributed by atoms with van der Waals surface area (Å²) in [4.78, 5) is 24.1. The summed E-state index contributed by atoms with van der Waals surface area (Å²) in [6, 6.07) is 11.4. The number of benzene rings is 1. The zero-order chi connectivity index (χ0) is 16.2. The topological polar surface area (TPSA) is 67.2 Å². The molecule has 4 heteroatoms. The lowest BCUT2D eigenvalue weighted by Gasteiger charge is -2.38. The molecule has 4 nitrogen and oxygen atoms in total. The molecular formula is C18H19NO3. The predicted octanol–water partition coefficient (Wildman–Crippen LogP) is 3.01. The van der Waals surface area contributed by atoms with Gasteiger partial charge in [0.2, 0.25) is 0 Å². The number of aldehydes is 1. The lowest BCUT2D eigenvalue weighted by molar-refractivity contribution is -0.153. The van der Waals surface area contributed by atoms with E-state index in [-0.39, 0.29) is 12.5 Å². The summed E-state index contributed by atoms with van der Waals surface area (Å²) in [6.45, 7) is 3.82. The molecule has 0 radical (unpaired) electrons. The zero-order valence-corrected chi connectivity index (χ0v) is 12.8. The fourth-order valence-corrected chi connectivity index (χ4v) is 3.24. The molecule has 1 aliphatic rings. The molecule has 0 amide bonds. The summed E-state index contributed by atoms with van der Waals surface area (Å²) in [5.41, 5.74) is -0.108. The third-order valence-electron chi connectivity index (χ3n) is 4.06. The van der Waals surface area contributed by atoms with Gasteiger partial charge in [-0.15, -0.1) is 0 Å². The number of nitriles is 1. The van der Waals surface area contributed by atoms with Gasteiger partial charge in [-0.1, -0.05) is 43.3 Å². The van der Waals surface area contributed by atoms with Crippen LogP contribution in [0.2, 0.25) is 0 Å². The lowest BCUT2D eigenvalue weighted by atomic mass is 9.62. The van der Waals surface area contributed by atoms with Crippen LogP contribution >= 0.6 is 0 Å². The number of hydrogen-bond acceptors (Lipinski definition) is 4. The van der Waals surface area contributed by atoms with E-state index in [1.165, 1.54) is 0 Å². The number of nitrogens with zero attached hydrogens (tertiary/aromatic N) is 1. The van der Waals surface area contributed by atoms with Gasteiger partial charge in [0, 0.05) is 5.92 Å². The molecule has 1 aromatic carbocycles. The average molecular weight is 297 g/mol. The molecule has 114 valence electrons. The minimum Gasteiger partial charge on any atom is -0.465 e. The van der Waals surface area contributed by atoms with Crippen LogP contribution in [0.25, 0.3) is 0 Å². The molecule has 0 bridgehead atoms. The van der Waals surface area contributed by atoms with Gasteiger partial charge in [-0.05, 0) is 30.4 Å². The van der Waals surface area contributed by atoms with Crippen molar-refractivity contribution in [2.75, 3.05) is 6.61 Å². The van der Waals surface area contributed by atoms with Crippen molar-refractivity contribution in [1.82, 2.24) is 0 Å². The van der Waals surface area contributed by atoms with E-state index >= 15 is 0 Å². The standard InChI is InChI=1S/C18H19NO3/c1-3-22-17(21)18(12-19)10-13(2)9-15(11-20)16(18)14-7-5-4-6-8-14/h4-9,11,13,16H,3,10H2,1-2H3/t13-,16+,18+/m0/s1. The normalized spacial score (nSPS) is 27.4. The Morgan fingerprint density at radius 3 is 2.68 bits per heavy atom. The predicted molar refractivity (Wildman–Crippen MR) is 81.8 cm³/mol. The highest BCUT2D eigenvalue weighted by Gasteiger charge is 2.52. The first-order valence-electron chi connectivity index (χ1n) is 7.39. The van der Waals surface area contributed by atoms with E-state index in [1.54, 1.807) is 6.92 Å². The Morgan fingerprint density at radius 2 is 2.14 bits per heavy atom. The summed E-state index contributed by atoms with van der Waals surface area (Å²) in [5.74, 6) is -1.18. The fourth-order valence-electron chi connectivity index (χ4n) is 3.24. The van der Waals surface area contributed by atoms with Crippen LogP contribution in [0.3, 0.4) is 0 Å². The molecule has 0 fully saturated rings. The molecule has 0 unspecified atom stereocenters. The second-order valence-corrected chi connectivity index (χ2v) is 5.61. The number of rotatable bonds is 4. The van der Waals surface area contributed by atoms with Gasteiger partial charge < -0.3 is 4.74 Å². The van der Waals surface area contributed by atoms with Gasteiger partial charge in [-0.2, -0.15) is 5.26 Å². The van der Waals surface area contributed by atoms with Crippen LogP contribution in [-0.4, -0.2) is 18.9 Å². The molecule has 22 heavy (non-hydrogen) atoms. The van der Waals surface area contributed by atoms with Crippen molar-refractivity contribution in [3.63, 3.8) is 0 Å². The van der Waals surface area contributed by atoms with E-state index in [0.717, 1.165) is 11.8 Å². The van der Waals surface area contributed by atoms with Gasteiger partial charge in [-0.3, -0.25) is 9.59 Å². The molecule has 0 heterocycles. The summed E-state index contributed by atoms with van der Waals surface area (Å²) in [7, 11) is 0. The zero-order valence-electron chi connectivity index (χ0n) is 12.8. The van der Waals surface area contributed by atoms with Gasteiger partial charge >= 0.3 is 5.97 Å². The van der Waals surface area contributed by atoms with Crippen molar-refractivity contribution < 1.29 is 14.3 Å². The maximum Gasteiger partial charge on any atom is 0.327 e. The van der Waals surface area contributed by atoms with Gasteiger partial charge in [-0.25, -0.2) is 0 Å². The summed E-state index contributed by atoms with van der Waals surface area (Å²) in [5, 5.41) is 9.81. The first-order chi connectivity index (χ1) is 10.6. The van der Waals surface area contributed by atoms with E-state index in [1.807, 2.05) is 43.3 Å². The molecule has 0 aliphatic heterocycles. The van der Waals surface area contributed by atoms with Gasteiger partial charge in [0.25, 0.3) is 0 Å². The highest BCUT2D eigenvalue weighted by atomic mass is 16.5. The number of ether oxygens (including phenoxy) is 1. The monoisotopic (exact) mass is 297 g/mol. The van der Waals surface area contributed by atoms with E-state index in [4.69, 9.17) is 4.74 Å². The quantitative estimate of drug-likeness (QED) is 0.633. The second kappa shape index (κ2) is 6.57. The van der Waals surface area contributed by atoms with Crippen molar-refractivity contribution >= 4 is 12.3 Å². The van der Waals surface area contributed by atoms with Crippen LogP contribution in [0.5, 0.6) is 0 Å². The van der Waals surface area contributed by atoms with Crippen molar-refractivity contribution in [2.24, 2.45) is 11.3 Å². The van der Waals surface area contributed by atoms with Crippen molar-refractivity contribution in [1.29, 1.82) is 5.26 Å². The van der Waals surface area contributed by atoms with Gasteiger partial charge in [0.1, 0.15) is 6.29 Å². The molecule has 0 aromatic heterocycles. The maximum absolute atomic E-state index is 12.6. The Labute approximate surface area is 130 Å². The molecule has 0 spiro atoms. The molecule has 1 aliphatic carbocycles. The lowest BCUT2D eigenvalue weighted by Crippen LogP contribution is -2.42. The third kappa shape index (κ3) is 2.67. The third-order valence-corrected chi connectivity index (χ3v) is 4.06. The van der Waals surface area contributed by atoms with Crippen LogP contribution in [0.4, 0.5) is 0 Å². The molecule has 1 aromatic rings. The number of carbonyl (C=O) groups is 2. The Balaban J connectivity index is 2.63. The van der Waals surface area contributed by atoms with E-state index < -0.39 is 17.3 Å². The number of carbonyl (C=O) groups excluding carboxylic acids is 2. The van der Waals surface area contributed by atoms with Crippen molar-refractivity contribution in [2.45, 2.75) is 26.2 Å². The molecular weight excluding hydrogens is 278 g/mol. The largest absolute Gasteiger partial charge is 0.465 e. The van der Waals surface area contributed by atoms with Crippen LogP contribution in [0.15, 0.2) is 42.0 Å². The van der Waals surface area contributed by atoms with E-state index in [0.29, 0.717) is 12.0 Å². The summed E-state index contributed by atoms with van der Waals surface area (Å²) in [6.07, 6.45) is 2.94. The highest BCUT2D eigenvalue weighted by Crippen LogP contribution is 2.49. The van der Waals surface area contributed by atoms with Crippen LogP contribution in [0.1, 0.15) is 31.7 Å². The minimum atomic E-state index is -1.36. The smallest absolute Gasteiger partial charge is 0.327 e. The fraction of sp³-hybridized carbons (Fsp3) is 0.389. The summed E-state index contributed by atoms with van der Waals surface area (Å²) < 4.78 is 5.16. The Hall–Kier alpha value is -2.41. The number of hydrogen-bond donors (Lipinski definition) is 0. The first-order valence-corrected chi connectivity index (χ1v) is 7.39. The Morgan fingerprint density at radius 1 is 1.45 bits per heavy atom.